The zero-order chi connectivity index (χ0) is 25.1. The average molecular weight is 507 g/mol. The van der Waals surface area contributed by atoms with E-state index in [0.29, 0.717) is 26.2 Å². The normalized spacial score (nSPS) is 18.4. The summed E-state index contributed by atoms with van der Waals surface area (Å²) in [5.74, 6) is -0.214. The molecule has 1 N–H and O–H groups in total. The van der Waals surface area contributed by atoms with E-state index < -0.39 is 0 Å². The van der Waals surface area contributed by atoms with Gasteiger partial charge in [0.25, 0.3) is 0 Å². The van der Waals surface area contributed by atoms with E-state index in [1.807, 2.05) is 42.2 Å². The van der Waals surface area contributed by atoms with Gasteiger partial charge in [-0.1, -0.05) is 29.8 Å². The number of hydrogen-bond donors (Lipinski definition) is 1. The number of nitrogens with zero attached hydrogens (tertiary/aromatic N) is 3. The molecule has 0 saturated carbocycles. The van der Waals surface area contributed by atoms with Crippen molar-refractivity contribution < 1.29 is 14.0 Å². The standard InChI is InChI=1S/C28H31FN4O2S/c1-20-6-8-23(9-7-20)30-28(35)32-13-3-12-31(15-16-32)26(34)19-33-14-10-25-24(11-17-36-25)27(33)21-4-2-5-22(29)18-21/h2,4-9,11,17-18,27H,3,10,12-16,19H2,1H3,(H,30,35)/t27-/m0/s1. The van der Waals surface area contributed by atoms with Gasteiger partial charge in [0, 0.05) is 43.3 Å². The third kappa shape index (κ3) is 5.44. The number of carbonyl (C=O) groups is 2. The van der Waals surface area contributed by atoms with Crippen molar-refractivity contribution in [3.05, 3.63) is 87.4 Å². The first-order chi connectivity index (χ1) is 17.5. The van der Waals surface area contributed by atoms with Crippen LogP contribution >= 0.6 is 11.3 Å². The van der Waals surface area contributed by atoms with Crippen molar-refractivity contribution >= 4 is 29.0 Å². The number of halogens is 1. The predicted octanol–water partition coefficient (Wildman–Crippen LogP) is 4.91. The number of anilines is 1. The molecule has 1 aromatic heterocycles. The van der Waals surface area contributed by atoms with Crippen LogP contribution in [0.15, 0.2) is 60.0 Å². The molecule has 5 rings (SSSR count). The molecule has 1 atom stereocenters. The van der Waals surface area contributed by atoms with E-state index in [-0.39, 0.29) is 30.3 Å². The molecule has 3 aromatic rings. The van der Waals surface area contributed by atoms with Gasteiger partial charge in [0.1, 0.15) is 5.82 Å². The number of nitrogens with one attached hydrogen (secondary N) is 1. The lowest BCUT2D eigenvalue weighted by Gasteiger charge is -2.37. The number of urea groups is 1. The third-order valence-corrected chi connectivity index (χ3v) is 8.00. The Kier molecular flexibility index (Phi) is 7.34. The molecule has 36 heavy (non-hydrogen) atoms. The minimum absolute atomic E-state index is 0.0517. The first-order valence-electron chi connectivity index (χ1n) is 12.4. The van der Waals surface area contributed by atoms with Crippen molar-refractivity contribution in [2.75, 3.05) is 44.6 Å². The number of aryl methyl sites for hydroxylation is 1. The van der Waals surface area contributed by atoms with Gasteiger partial charge in [0.15, 0.2) is 0 Å². The van der Waals surface area contributed by atoms with Crippen molar-refractivity contribution in [1.82, 2.24) is 14.7 Å². The number of benzene rings is 2. The van der Waals surface area contributed by atoms with E-state index in [1.165, 1.54) is 16.5 Å². The van der Waals surface area contributed by atoms with E-state index in [2.05, 4.69) is 21.7 Å². The molecule has 0 spiro atoms. The fourth-order valence-corrected chi connectivity index (χ4v) is 5.99. The van der Waals surface area contributed by atoms with Crippen LogP contribution in [0, 0.1) is 12.7 Å². The molecule has 2 aliphatic rings. The number of hydrogen-bond acceptors (Lipinski definition) is 4. The largest absolute Gasteiger partial charge is 0.340 e. The highest BCUT2D eigenvalue weighted by molar-refractivity contribution is 7.10. The molecule has 2 aromatic carbocycles. The smallest absolute Gasteiger partial charge is 0.321 e. The van der Waals surface area contributed by atoms with Crippen LogP contribution in [0.4, 0.5) is 14.9 Å². The first kappa shape index (κ1) is 24.5. The Labute approximate surface area is 215 Å². The molecule has 1 saturated heterocycles. The molecule has 0 aliphatic carbocycles. The second kappa shape index (κ2) is 10.8. The highest BCUT2D eigenvalue weighted by Crippen LogP contribution is 2.37. The van der Waals surface area contributed by atoms with Crippen molar-refractivity contribution in [2.24, 2.45) is 0 Å². The van der Waals surface area contributed by atoms with Gasteiger partial charge in [-0.3, -0.25) is 9.69 Å². The third-order valence-electron chi connectivity index (χ3n) is 7.01. The van der Waals surface area contributed by atoms with Gasteiger partial charge < -0.3 is 15.1 Å². The highest BCUT2D eigenvalue weighted by atomic mass is 32.1. The number of thiophene rings is 1. The number of fused-ring (bicyclic) bond motifs is 1. The molecule has 0 radical (unpaired) electrons. The van der Waals surface area contributed by atoms with Crippen molar-refractivity contribution in [3.8, 4) is 0 Å². The van der Waals surface area contributed by atoms with E-state index in [4.69, 9.17) is 0 Å². The van der Waals surface area contributed by atoms with E-state index in [1.54, 1.807) is 28.4 Å². The summed E-state index contributed by atoms with van der Waals surface area (Å²) in [4.78, 5) is 33.3. The van der Waals surface area contributed by atoms with Crippen LogP contribution in [-0.2, 0) is 11.2 Å². The highest BCUT2D eigenvalue weighted by Gasteiger charge is 2.32. The van der Waals surface area contributed by atoms with Gasteiger partial charge >= 0.3 is 6.03 Å². The first-order valence-corrected chi connectivity index (χ1v) is 13.3. The van der Waals surface area contributed by atoms with Gasteiger partial charge in [-0.25, -0.2) is 9.18 Å². The zero-order valence-corrected chi connectivity index (χ0v) is 21.3. The lowest BCUT2D eigenvalue weighted by molar-refractivity contribution is -0.132. The molecule has 8 heteroatoms. The van der Waals surface area contributed by atoms with Gasteiger partial charge in [-0.15, -0.1) is 11.3 Å². The molecule has 6 nitrogen and oxygen atoms in total. The molecule has 1 fully saturated rings. The van der Waals surface area contributed by atoms with Gasteiger partial charge in [-0.2, -0.15) is 0 Å². The SMILES string of the molecule is Cc1ccc(NC(=O)N2CCCN(C(=O)CN3CCc4sccc4[C@@H]3c3cccc(F)c3)CC2)cc1. The second-order valence-electron chi connectivity index (χ2n) is 9.49. The summed E-state index contributed by atoms with van der Waals surface area (Å²) in [6.45, 7) is 5.25. The summed E-state index contributed by atoms with van der Waals surface area (Å²) in [5, 5.41) is 5.03. The Morgan fingerprint density at radius 3 is 2.58 bits per heavy atom. The fraction of sp³-hybridized carbons (Fsp3) is 0.357. The van der Waals surface area contributed by atoms with Gasteiger partial charge in [0.05, 0.1) is 12.6 Å². The van der Waals surface area contributed by atoms with Crippen LogP contribution < -0.4 is 5.32 Å². The molecule has 3 amide bonds. The summed E-state index contributed by atoms with van der Waals surface area (Å²) >= 11 is 1.72. The quantitative estimate of drug-likeness (QED) is 0.547. The summed E-state index contributed by atoms with van der Waals surface area (Å²) in [7, 11) is 0. The molecule has 3 heterocycles. The van der Waals surface area contributed by atoms with Crippen LogP contribution in [0.1, 0.15) is 34.0 Å². The lowest BCUT2D eigenvalue weighted by Crippen LogP contribution is -2.45. The van der Waals surface area contributed by atoms with Crippen molar-refractivity contribution in [2.45, 2.75) is 25.8 Å². The number of carbonyl (C=O) groups excluding carboxylic acids is 2. The Morgan fingerprint density at radius 2 is 1.78 bits per heavy atom. The van der Waals surface area contributed by atoms with Crippen LogP contribution in [0.5, 0.6) is 0 Å². The van der Waals surface area contributed by atoms with E-state index >= 15 is 0 Å². The topological polar surface area (TPSA) is 55.9 Å². The lowest BCUT2D eigenvalue weighted by atomic mass is 9.93. The van der Waals surface area contributed by atoms with Gasteiger partial charge in [0.2, 0.25) is 5.91 Å². The monoisotopic (exact) mass is 506 g/mol. The molecule has 0 unspecified atom stereocenters. The summed E-state index contributed by atoms with van der Waals surface area (Å²) < 4.78 is 14.1. The Bertz CT molecular complexity index is 1230. The van der Waals surface area contributed by atoms with Crippen LogP contribution in [0.2, 0.25) is 0 Å². The Morgan fingerprint density at radius 1 is 1.00 bits per heavy atom. The molecule has 188 valence electrons. The summed E-state index contributed by atoms with van der Waals surface area (Å²) in [6.07, 6.45) is 1.62. The fourth-order valence-electron chi connectivity index (χ4n) is 5.09. The minimum Gasteiger partial charge on any atom is -0.340 e. The van der Waals surface area contributed by atoms with E-state index in [0.717, 1.165) is 36.2 Å². The molecular weight excluding hydrogens is 475 g/mol. The van der Waals surface area contributed by atoms with Crippen LogP contribution in [0.25, 0.3) is 0 Å². The zero-order valence-electron chi connectivity index (χ0n) is 20.5. The average Bonchev–Trinajstić information content (AvgIpc) is 3.20. The van der Waals surface area contributed by atoms with Crippen LogP contribution in [-0.4, -0.2) is 65.9 Å². The van der Waals surface area contributed by atoms with E-state index in [9.17, 15) is 14.0 Å². The molecule has 2 aliphatic heterocycles. The maximum Gasteiger partial charge on any atom is 0.321 e. The van der Waals surface area contributed by atoms with Crippen LogP contribution in [0.3, 0.4) is 0 Å². The maximum absolute atomic E-state index is 14.1. The Hall–Kier alpha value is -3.23. The molecular formula is C28H31FN4O2S. The summed E-state index contributed by atoms with van der Waals surface area (Å²) in [5.41, 5.74) is 3.95. The van der Waals surface area contributed by atoms with Crippen molar-refractivity contribution in [1.29, 1.82) is 0 Å². The Balaban J connectivity index is 1.23. The minimum atomic E-state index is -0.266. The molecule has 0 bridgehead atoms. The predicted molar refractivity (Wildman–Crippen MR) is 141 cm³/mol. The summed E-state index contributed by atoms with van der Waals surface area (Å²) in [6, 6.07) is 16.3. The van der Waals surface area contributed by atoms with Gasteiger partial charge in [-0.05, 0) is 66.6 Å². The van der Waals surface area contributed by atoms with Crippen molar-refractivity contribution in [3.63, 3.8) is 0 Å². The second-order valence-corrected chi connectivity index (χ2v) is 10.5. The number of amides is 3. The number of rotatable bonds is 4. The maximum atomic E-state index is 14.1.